The number of nitrogen functional groups attached to an aromatic ring is 1. The summed E-state index contributed by atoms with van der Waals surface area (Å²) in [7, 11) is 0. The van der Waals surface area contributed by atoms with Crippen LogP contribution in [0.15, 0.2) is 6.33 Å². The average molecular weight is 277 g/mol. The number of anilines is 2. The lowest BCUT2D eigenvalue weighted by molar-refractivity contribution is 0.459. The van der Waals surface area contributed by atoms with Crippen molar-refractivity contribution in [1.82, 2.24) is 9.97 Å². The molecule has 2 heterocycles. The molecule has 3 N–H and O–H groups in total. The standard InChI is InChI=1S/C15H27N5/c1-4-12-6-5-8-20(9-7-12)15-13(11(2)3)14(19-16)17-10-18-15/h10-12H,4-9,16H2,1-3H3,(H,17,18,19). The van der Waals surface area contributed by atoms with Crippen LogP contribution in [0.3, 0.4) is 0 Å². The first-order valence-electron chi connectivity index (χ1n) is 7.73. The molecule has 1 atom stereocenters. The number of nitrogens with one attached hydrogen (secondary N) is 1. The van der Waals surface area contributed by atoms with Gasteiger partial charge in [0.2, 0.25) is 0 Å². The Balaban J connectivity index is 2.27. The van der Waals surface area contributed by atoms with Gasteiger partial charge < -0.3 is 10.3 Å². The molecular weight excluding hydrogens is 250 g/mol. The third kappa shape index (κ3) is 3.20. The minimum atomic E-state index is 0.350. The van der Waals surface area contributed by atoms with E-state index < -0.39 is 0 Å². The van der Waals surface area contributed by atoms with Gasteiger partial charge in [0, 0.05) is 18.7 Å². The van der Waals surface area contributed by atoms with Crippen molar-refractivity contribution in [2.45, 2.75) is 52.4 Å². The number of hydrazine groups is 1. The van der Waals surface area contributed by atoms with E-state index >= 15 is 0 Å². The summed E-state index contributed by atoms with van der Waals surface area (Å²) in [5, 5.41) is 0. The van der Waals surface area contributed by atoms with Crippen molar-refractivity contribution >= 4 is 11.6 Å². The second-order valence-corrected chi connectivity index (χ2v) is 5.95. The van der Waals surface area contributed by atoms with Crippen LogP contribution in [0.5, 0.6) is 0 Å². The van der Waals surface area contributed by atoms with Crippen LogP contribution in [0.25, 0.3) is 0 Å². The topological polar surface area (TPSA) is 67.1 Å². The van der Waals surface area contributed by atoms with Crippen molar-refractivity contribution in [2.75, 3.05) is 23.4 Å². The second-order valence-electron chi connectivity index (χ2n) is 5.95. The first-order chi connectivity index (χ1) is 9.67. The number of hydrogen-bond donors (Lipinski definition) is 2. The van der Waals surface area contributed by atoms with Crippen LogP contribution >= 0.6 is 0 Å². The molecule has 112 valence electrons. The predicted molar refractivity (Wildman–Crippen MR) is 83.8 cm³/mol. The number of nitrogens with zero attached hydrogens (tertiary/aromatic N) is 3. The van der Waals surface area contributed by atoms with E-state index in [4.69, 9.17) is 5.84 Å². The molecular formula is C15H27N5. The van der Waals surface area contributed by atoms with Gasteiger partial charge >= 0.3 is 0 Å². The summed E-state index contributed by atoms with van der Waals surface area (Å²) in [5.41, 5.74) is 3.84. The van der Waals surface area contributed by atoms with E-state index in [1.165, 1.54) is 25.7 Å². The van der Waals surface area contributed by atoms with Crippen molar-refractivity contribution < 1.29 is 0 Å². The van der Waals surface area contributed by atoms with Crippen LogP contribution in [0.4, 0.5) is 11.6 Å². The second kappa shape index (κ2) is 6.88. The molecule has 1 unspecified atom stereocenters. The van der Waals surface area contributed by atoms with Crippen molar-refractivity contribution in [3.63, 3.8) is 0 Å². The van der Waals surface area contributed by atoms with Crippen LogP contribution in [-0.4, -0.2) is 23.1 Å². The monoisotopic (exact) mass is 277 g/mol. The molecule has 1 aromatic rings. The molecule has 0 amide bonds. The fourth-order valence-corrected chi connectivity index (χ4v) is 3.07. The van der Waals surface area contributed by atoms with Gasteiger partial charge in [0.05, 0.1) is 0 Å². The largest absolute Gasteiger partial charge is 0.356 e. The third-order valence-corrected chi connectivity index (χ3v) is 4.30. The summed E-state index contributed by atoms with van der Waals surface area (Å²) in [4.78, 5) is 11.2. The fourth-order valence-electron chi connectivity index (χ4n) is 3.07. The number of nitrogens with two attached hydrogens (primary N) is 1. The van der Waals surface area contributed by atoms with E-state index in [0.29, 0.717) is 5.92 Å². The molecule has 1 aliphatic rings. The van der Waals surface area contributed by atoms with Crippen molar-refractivity contribution in [3.8, 4) is 0 Å². The summed E-state index contributed by atoms with van der Waals surface area (Å²) >= 11 is 0. The third-order valence-electron chi connectivity index (χ3n) is 4.30. The summed E-state index contributed by atoms with van der Waals surface area (Å²) in [6.07, 6.45) is 6.72. The number of hydrogen-bond acceptors (Lipinski definition) is 5. The molecule has 0 aliphatic carbocycles. The van der Waals surface area contributed by atoms with Crippen molar-refractivity contribution in [3.05, 3.63) is 11.9 Å². The van der Waals surface area contributed by atoms with Gasteiger partial charge in [-0.1, -0.05) is 27.2 Å². The zero-order chi connectivity index (χ0) is 14.5. The summed E-state index contributed by atoms with van der Waals surface area (Å²) in [6.45, 7) is 8.78. The quantitative estimate of drug-likeness (QED) is 0.654. The van der Waals surface area contributed by atoms with Crippen molar-refractivity contribution in [1.29, 1.82) is 0 Å². The SMILES string of the molecule is CCC1CCCN(c2ncnc(NN)c2C(C)C)CC1. The highest BCUT2D eigenvalue weighted by Gasteiger charge is 2.22. The Bertz CT molecular complexity index is 432. The lowest BCUT2D eigenvalue weighted by Gasteiger charge is -2.26. The van der Waals surface area contributed by atoms with Gasteiger partial charge in [-0.2, -0.15) is 0 Å². The maximum absolute atomic E-state index is 5.60. The first-order valence-corrected chi connectivity index (χ1v) is 7.73. The van der Waals surface area contributed by atoms with Crippen molar-refractivity contribution in [2.24, 2.45) is 11.8 Å². The van der Waals surface area contributed by atoms with E-state index in [0.717, 1.165) is 36.2 Å². The summed E-state index contributed by atoms with van der Waals surface area (Å²) in [5.74, 6) is 8.62. The Morgan fingerprint density at radius 2 is 2.15 bits per heavy atom. The molecule has 2 rings (SSSR count). The Morgan fingerprint density at radius 1 is 1.35 bits per heavy atom. The van der Waals surface area contributed by atoms with E-state index in [1.54, 1.807) is 6.33 Å². The highest BCUT2D eigenvalue weighted by Crippen LogP contribution is 2.32. The summed E-state index contributed by atoms with van der Waals surface area (Å²) < 4.78 is 0. The first kappa shape index (κ1) is 15.0. The number of rotatable bonds is 4. The fraction of sp³-hybridized carbons (Fsp3) is 0.733. The molecule has 0 spiro atoms. The van der Waals surface area contributed by atoms with E-state index in [9.17, 15) is 0 Å². The van der Waals surface area contributed by atoms with Gasteiger partial charge in [-0.15, -0.1) is 0 Å². The zero-order valence-electron chi connectivity index (χ0n) is 12.9. The normalized spacial score (nSPS) is 20.1. The molecule has 1 aliphatic heterocycles. The highest BCUT2D eigenvalue weighted by atomic mass is 15.3. The molecule has 0 aromatic carbocycles. The predicted octanol–water partition coefficient (Wildman–Crippen LogP) is 2.90. The van der Waals surface area contributed by atoms with Gasteiger partial charge in [0.15, 0.2) is 0 Å². The minimum absolute atomic E-state index is 0.350. The van der Waals surface area contributed by atoms with Crippen LogP contribution < -0.4 is 16.2 Å². The van der Waals surface area contributed by atoms with E-state index in [1.807, 2.05) is 0 Å². The minimum Gasteiger partial charge on any atom is -0.356 e. The Labute approximate surface area is 121 Å². The van der Waals surface area contributed by atoms with Crippen LogP contribution in [0.1, 0.15) is 57.9 Å². The Morgan fingerprint density at radius 3 is 2.80 bits per heavy atom. The zero-order valence-corrected chi connectivity index (χ0v) is 12.9. The van der Waals surface area contributed by atoms with Gasteiger partial charge in [0.1, 0.15) is 18.0 Å². The Hall–Kier alpha value is -1.36. The molecule has 1 saturated heterocycles. The van der Waals surface area contributed by atoms with E-state index in [-0.39, 0.29) is 0 Å². The molecule has 1 aromatic heterocycles. The van der Waals surface area contributed by atoms with E-state index in [2.05, 4.69) is 41.1 Å². The summed E-state index contributed by atoms with van der Waals surface area (Å²) in [6, 6.07) is 0. The van der Waals surface area contributed by atoms with Crippen LogP contribution in [0.2, 0.25) is 0 Å². The molecule has 0 bridgehead atoms. The molecule has 5 nitrogen and oxygen atoms in total. The van der Waals surface area contributed by atoms with Gasteiger partial charge in [-0.3, -0.25) is 0 Å². The maximum atomic E-state index is 5.60. The van der Waals surface area contributed by atoms with Gasteiger partial charge in [0.25, 0.3) is 0 Å². The average Bonchev–Trinajstić information content (AvgIpc) is 2.71. The molecule has 20 heavy (non-hydrogen) atoms. The lowest BCUT2D eigenvalue weighted by Crippen LogP contribution is -2.28. The van der Waals surface area contributed by atoms with Gasteiger partial charge in [-0.25, -0.2) is 15.8 Å². The Kier molecular flexibility index (Phi) is 5.17. The van der Waals surface area contributed by atoms with Gasteiger partial charge in [-0.05, 0) is 31.1 Å². The highest BCUT2D eigenvalue weighted by molar-refractivity contribution is 5.59. The molecule has 1 fully saturated rings. The molecule has 5 heteroatoms. The van der Waals surface area contributed by atoms with Crippen LogP contribution in [0, 0.1) is 5.92 Å². The smallest absolute Gasteiger partial charge is 0.148 e. The lowest BCUT2D eigenvalue weighted by atomic mass is 9.98. The number of aromatic nitrogens is 2. The van der Waals surface area contributed by atoms with Crippen LogP contribution in [-0.2, 0) is 0 Å². The molecule has 0 saturated carbocycles. The molecule has 0 radical (unpaired) electrons. The maximum Gasteiger partial charge on any atom is 0.148 e.